The predicted octanol–water partition coefficient (Wildman–Crippen LogP) is 4.41. The number of amides is 5. The molecule has 20 nitrogen and oxygen atoms in total. The first kappa shape index (κ1) is 55.9. The number of rotatable bonds is 19. The third-order valence-electron chi connectivity index (χ3n) is 14.1. The molecule has 2 aromatic carbocycles. The second kappa shape index (κ2) is 24.3. The van der Waals surface area contributed by atoms with Crippen molar-refractivity contribution in [2.75, 3.05) is 63.9 Å². The SMILES string of the molecule is Cc1cc(C)c(CNC(=O)c2cc(-c3ccc(N4CCN(CCNC(=O)COCC(=O)NC(C(=O)N5C[C@H](O)C[C@H]5C(=O)NCc5ccc(-c6scnc6C)cc5)C(C)(C)C)CC4)nc3)cc3c2cnn3C(C)C)c(=O)[nH]1. The molecule has 2 aliphatic rings. The zero-order valence-electron chi connectivity index (χ0n) is 45.1. The number of carbonyl (C=O) groups is 5. The number of aromatic nitrogens is 5. The number of pyridine rings is 2. The third kappa shape index (κ3) is 13.6. The highest BCUT2D eigenvalue weighted by Crippen LogP contribution is 2.32. The first-order valence-electron chi connectivity index (χ1n) is 26.1. The number of hydrogen-bond acceptors (Lipinski definition) is 14. The molecule has 0 radical (unpaired) electrons. The Hall–Kier alpha value is -7.33. The van der Waals surface area contributed by atoms with Gasteiger partial charge in [0.2, 0.25) is 23.6 Å². The molecule has 0 saturated carbocycles. The summed E-state index contributed by atoms with van der Waals surface area (Å²) in [6.45, 7) is 18.5. The van der Waals surface area contributed by atoms with E-state index in [0.717, 1.165) is 81.6 Å². The largest absolute Gasteiger partial charge is 0.391 e. The Kier molecular flexibility index (Phi) is 17.7. The number of aromatic amines is 1. The van der Waals surface area contributed by atoms with Gasteiger partial charge in [-0.15, -0.1) is 11.3 Å². The van der Waals surface area contributed by atoms with Gasteiger partial charge in [0.1, 0.15) is 31.1 Å². The van der Waals surface area contributed by atoms with E-state index in [1.165, 1.54) is 4.90 Å². The van der Waals surface area contributed by atoms with Crippen LogP contribution in [0.3, 0.4) is 0 Å². The fourth-order valence-electron chi connectivity index (χ4n) is 9.84. The van der Waals surface area contributed by atoms with E-state index in [-0.39, 0.29) is 56.1 Å². The minimum Gasteiger partial charge on any atom is -0.391 e. The molecule has 6 N–H and O–H groups in total. The Labute approximate surface area is 452 Å². The number of aryl methyl sites for hydroxylation is 3. The number of aliphatic hydroxyl groups excluding tert-OH is 1. The van der Waals surface area contributed by atoms with Crippen molar-refractivity contribution in [1.82, 2.24) is 55.8 Å². The van der Waals surface area contributed by atoms with Gasteiger partial charge >= 0.3 is 0 Å². The van der Waals surface area contributed by atoms with Gasteiger partial charge in [-0.05, 0) is 92.6 Å². The monoisotopic (exact) mass is 1070 g/mol. The summed E-state index contributed by atoms with van der Waals surface area (Å²) in [7, 11) is 0. The molecular weight excluding hydrogens is 1000 g/mol. The number of H-pyrrole nitrogens is 1. The summed E-state index contributed by atoms with van der Waals surface area (Å²) in [5.41, 5.74) is 8.66. The molecule has 3 atom stereocenters. The summed E-state index contributed by atoms with van der Waals surface area (Å²) in [6.07, 6.45) is 2.67. The molecule has 408 valence electrons. The number of nitrogens with one attached hydrogen (secondary N) is 5. The Balaban J connectivity index is 0.766. The van der Waals surface area contributed by atoms with Crippen LogP contribution in [0.2, 0.25) is 0 Å². The first-order chi connectivity index (χ1) is 36.7. The maximum absolute atomic E-state index is 14.0. The average molecular weight is 1070 g/mol. The molecule has 21 heteroatoms. The second-order valence-electron chi connectivity index (χ2n) is 21.3. The molecule has 6 aromatic rings. The molecule has 2 saturated heterocycles. The Morgan fingerprint density at radius 1 is 0.857 bits per heavy atom. The lowest BCUT2D eigenvalue weighted by Gasteiger charge is -2.35. The topological polar surface area (TPSA) is 249 Å². The van der Waals surface area contributed by atoms with Crippen molar-refractivity contribution in [3.63, 3.8) is 0 Å². The number of nitrogens with zero attached hydrogens (tertiary/aromatic N) is 7. The maximum Gasteiger partial charge on any atom is 0.253 e. The standard InChI is InChI=1S/C56H70N12O8S/c1-33(2)68-45-23-40(22-42(44(45)28-62-68)52(72)60-27-43-34(3)21-35(4)63-53(43)73)39-13-14-47(58-26-39)66-19-17-65(18-20-66)16-15-57-48(70)30-76-31-49(71)64-51(56(6,7)8)55(75)67-29-41(69)24-46(67)54(74)59-25-37-9-11-38(12-10-37)50-36(5)61-32-77-50/h9-14,21-23,26,28,32-33,41,46,51,69H,15-20,24-25,27,29-31H2,1-8H3,(H,57,70)(H,59,74)(H,60,72)(H,63,73)(H,64,71)/t41-,46+,51?/m1/s1. The fraction of sp³-hybridized carbons (Fsp3) is 0.446. The highest BCUT2D eigenvalue weighted by atomic mass is 32.1. The van der Waals surface area contributed by atoms with Gasteiger partial charge in [0.25, 0.3) is 11.5 Å². The fourth-order valence-corrected chi connectivity index (χ4v) is 10.7. The average Bonchev–Trinajstić information content (AvgIpc) is 4.15. The predicted molar refractivity (Wildman–Crippen MR) is 295 cm³/mol. The number of fused-ring (bicyclic) bond motifs is 1. The summed E-state index contributed by atoms with van der Waals surface area (Å²) >= 11 is 1.56. The number of anilines is 1. The van der Waals surface area contributed by atoms with Gasteiger partial charge in [0, 0.05) is 99.8 Å². The van der Waals surface area contributed by atoms with Crippen LogP contribution in [-0.2, 0) is 37.0 Å². The summed E-state index contributed by atoms with van der Waals surface area (Å²) in [6, 6.07) is 15.6. The molecule has 6 heterocycles. The quantitative estimate of drug-likeness (QED) is 0.0659. The van der Waals surface area contributed by atoms with Gasteiger partial charge in [0.15, 0.2) is 0 Å². The number of ether oxygens (including phenoxy) is 1. The number of thiazole rings is 1. The van der Waals surface area contributed by atoms with E-state index < -0.39 is 47.9 Å². The minimum atomic E-state index is -1.04. The molecule has 2 fully saturated rings. The van der Waals surface area contributed by atoms with Crippen molar-refractivity contribution in [3.8, 4) is 21.6 Å². The van der Waals surface area contributed by atoms with E-state index in [1.807, 2.05) is 100 Å². The molecule has 0 aliphatic carbocycles. The van der Waals surface area contributed by atoms with Crippen molar-refractivity contribution >= 4 is 57.6 Å². The van der Waals surface area contributed by atoms with Gasteiger partial charge in [0.05, 0.1) is 39.5 Å². The van der Waals surface area contributed by atoms with Crippen molar-refractivity contribution < 1.29 is 33.8 Å². The lowest BCUT2D eigenvalue weighted by atomic mass is 9.85. The summed E-state index contributed by atoms with van der Waals surface area (Å²) in [5, 5.41) is 27.4. The van der Waals surface area contributed by atoms with Crippen LogP contribution in [0.1, 0.15) is 85.5 Å². The zero-order chi connectivity index (χ0) is 55.1. The van der Waals surface area contributed by atoms with Gasteiger partial charge in [-0.2, -0.15) is 5.10 Å². The molecule has 0 spiro atoms. The van der Waals surface area contributed by atoms with Crippen LogP contribution in [0, 0.1) is 26.2 Å². The van der Waals surface area contributed by atoms with E-state index in [0.29, 0.717) is 29.6 Å². The molecular formula is C56H70N12O8S. The number of aliphatic hydroxyl groups is 1. The third-order valence-corrected chi connectivity index (χ3v) is 15.1. The van der Waals surface area contributed by atoms with E-state index in [2.05, 4.69) is 46.1 Å². The number of carbonyl (C=O) groups excluding carboxylic acids is 5. The number of hydrogen-bond donors (Lipinski definition) is 6. The van der Waals surface area contributed by atoms with Crippen LogP contribution in [0.15, 0.2) is 77.3 Å². The zero-order valence-corrected chi connectivity index (χ0v) is 45.9. The number of piperazine rings is 1. The van der Waals surface area contributed by atoms with Crippen molar-refractivity contribution in [2.24, 2.45) is 5.41 Å². The van der Waals surface area contributed by atoms with Crippen LogP contribution < -0.4 is 31.7 Å². The number of likely N-dealkylation sites (tertiary alicyclic amines) is 1. The maximum atomic E-state index is 14.0. The molecule has 77 heavy (non-hydrogen) atoms. The van der Waals surface area contributed by atoms with Crippen molar-refractivity contribution in [2.45, 2.75) is 99.1 Å². The lowest BCUT2D eigenvalue weighted by molar-refractivity contribution is -0.145. The van der Waals surface area contributed by atoms with Crippen LogP contribution in [0.5, 0.6) is 0 Å². The Morgan fingerprint density at radius 2 is 1.58 bits per heavy atom. The van der Waals surface area contributed by atoms with Gasteiger partial charge in [-0.3, -0.25) is 38.3 Å². The summed E-state index contributed by atoms with van der Waals surface area (Å²) in [4.78, 5) is 98.7. The highest BCUT2D eigenvalue weighted by Gasteiger charge is 2.44. The van der Waals surface area contributed by atoms with Gasteiger partial charge in [-0.25, -0.2) is 9.97 Å². The molecule has 4 aromatic heterocycles. The Bertz CT molecular complexity index is 3160. The van der Waals surface area contributed by atoms with Crippen molar-refractivity contribution in [1.29, 1.82) is 0 Å². The molecule has 0 bridgehead atoms. The second-order valence-corrected chi connectivity index (χ2v) is 22.1. The number of benzene rings is 2. The van der Waals surface area contributed by atoms with Crippen molar-refractivity contribution in [3.05, 3.63) is 116 Å². The van der Waals surface area contributed by atoms with Crippen LogP contribution in [-0.4, -0.2) is 146 Å². The molecule has 1 unspecified atom stereocenters. The molecule has 5 amide bonds. The van der Waals surface area contributed by atoms with Crippen LogP contribution >= 0.6 is 11.3 Å². The van der Waals surface area contributed by atoms with E-state index in [4.69, 9.17) is 9.72 Å². The summed E-state index contributed by atoms with van der Waals surface area (Å²) in [5.74, 6) is -1.37. The molecule has 2 aliphatic heterocycles. The normalized spacial score (nSPS) is 16.4. The number of β-amino-alcohol motifs (C(OH)–C–C–N with tert-alkyl or cyclic N) is 1. The van der Waals surface area contributed by atoms with E-state index in [9.17, 15) is 33.9 Å². The minimum absolute atomic E-state index is 0.0504. The highest BCUT2D eigenvalue weighted by molar-refractivity contribution is 7.13. The van der Waals surface area contributed by atoms with Crippen LogP contribution in [0.25, 0.3) is 32.5 Å². The smallest absolute Gasteiger partial charge is 0.253 e. The summed E-state index contributed by atoms with van der Waals surface area (Å²) < 4.78 is 7.36. The molecule has 8 rings (SSSR count). The van der Waals surface area contributed by atoms with Crippen LogP contribution in [0.4, 0.5) is 5.82 Å². The van der Waals surface area contributed by atoms with Gasteiger partial charge < -0.3 is 45.9 Å². The first-order valence-corrected chi connectivity index (χ1v) is 26.9. The van der Waals surface area contributed by atoms with E-state index in [1.54, 1.807) is 43.8 Å². The Morgan fingerprint density at radius 3 is 2.25 bits per heavy atom. The van der Waals surface area contributed by atoms with E-state index >= 15 is 0 Å². The lowest BCUT2D eigenvalue weighted by Crippen LogP contribution is -2.58. The van der Waals surface area contributed by atoms with Gasteiger partial charge in [-0.1, -0.05) is 45.0 Å².